The topological polar surface area (TPSA) is 20.3 Å². The van der Waals surface area contributed by atoms with Gasteiger partial charge in [0.15, 0.2) is 0 Å². The Hall–Kier alpha value is -1.05. The van der Waals surface area contributed by atoms with Crippen molar-refractivity contribution in [1.82, 2.24) is 4.90 Å². The molecule has 56 valence electrons. The van der Waals surface area contributed by atoms with E-state index in [4.69, 9.17) is 0 Å². The smallest absolute Gasteiger partial charge is 0.248 e. The van der Waals surface area contributed by atoms with Gasteiger partial charge in [-0.1, -0.05) is 18.7 Å². The van der Waals surface area contributed by atoms with Gasteiger partial charge < -0.3 is 4.90 Å². The molecule has 0 spiro atoms. The molecule has 10 heavy (non-hydrogen) atoms. The molecule has 0 aliphatic carbocycles. The predicted octanol–water partition coefficient (Wildman–Crippen LogP) is 1.21. The molecular formula is C8H13NO. The Kier molecular flexibility index (Phi) is 3.47. The number of amides is 1. The molecule has 0 radical (unpaired) electrons. The number of carbonyl (C=O) groups is 1. The molecule has 0 heterocycles. The molecule has 0 rings (SSSR count). The van der Waals surface area contributed by atoms with Crippen LogP contribution in [0.5, 0.6) is 0 Å². The molecule has 0 atom stereocenters. The molecule has 0 aromatic rings. The fourth-order valence-electron chi connectivity index (χ4n) is 0.601. The largest absolute Gasteiger partial charge is 0.345 e. The van der Waals surface area contributed by atoms with Crippen molar-refractivity contribution in [3.63, 3.8) is 0 Å². The number of nitrogens with zero attached hydrogens (tertiary/aromatic N) is 1. The quantitative estimate of drug-likeness (QED) is 0.416. The van der Waals surface area contributed by atoms with Crippen LogP contribution in [0.2, 0.25) is 0 Å². The van der Waals surface area contributed by atoms with Gasteiger partial charge in [0, 0.05) is 19.7 Å². The summed E-state index contributed by atoms with van der Waals surface area (Å²) in [6.45, 7) is 5.26. The number of hydrogen-bond acceptors (Lipinski definition) is 1. The standard InChI is InChI=1S/C8H13NO/c1-5-6-7(2)8(10)9(3)4/h5-6H,1H2,2-4H3/b7-6+. The lowest BCUT2D eigenvalue weighted by molar-refractivity contribution is -0.124. The Labute approximate surface area is 61.8 Å². The summed E-state index contributed by atoms with van der Waals surface area (Å²) in [5.41, 5.74) is 0.708. The summed E-state index contributed by atoms with van der Waals surface area (Å²) in [7, 11) is 3.45. The van der Waals surface area contributed by atoms with Crippen molar-refractivity contribution >= 4 is 5.91 Å². The second-order valence-electron chi connectivity index (χ2n) is 2.28. The van der Waals surface area contributed by atoms with E-state index in [9.17, 15) is 4.79 Å². The highest BCUT2D eigenvalue weighted by Gasteiger charge is 2.03. The first-order valence-electron chi connectivity index (χ1n) is 3.10. The molecule has 0 saturated carbocycles. The lowest BCUT2D eigenvalue weighted by Crippen LogP contribution is -2.22. The molecule has 0 saturated heterocycles. The molecule has 0 aliphatic heterocycles. The van der Waals surface area contributed by atoms with E-state index in [-0.39, 0.29) is 5.91 Å². The third-order valence-electron chi connectivity index (χ3n) is 1.11. The first-order valence-corrected chi connectivity index (χ1v) is 3.10. The summed E-state index contributed by atoms with van der Waals surface area (Å²) in [5, 5.41) is 0. The SMILES string of the molecule is C=C/C=C(\C)C(=O)N(C)C. The van der Waals surface area contributed by atoms with Crippen molar-refractivity contribution < 1.29 is 4.79 Å². The number of rotatable bonds is 2. The fraction of sp³-hybridized carbons (Fsp3) is 0.375. The van der Waals surface area contributed by atoms with E-state index >= 15 is 0 Å². The number of allylic oxidation sites excluding steroid dienone is 2. The summed E-state index contributed by atoms with van der Waals surface area (Å²) in [6.07, 6.45) is 3.30. The third kappa shape index (κ3) is 2.49. The Balaban J connectivity index is 4.21. The maximum Gasteiger partial charge on any atom is 0.248 e. The molecule has 0 bridgehead atoms. The van der Waals surface area contributed by atoms with Crippen LogP contribution in [0.1, 0.15) is 6.92 Å². The molecule has 1 amide bonds. The van der Waals surface area contributed by atoms with Gasteiger partial charge in [0.1, 0.15) is 0 Å². The normalized spacial score (nSPS) is 10.9. The van der Waals surface area contributed by atoms with Gasteiger partial charge in [0.25, 0.3) is 0 Å². The minimum atomic E-state index is 0.0277. The van der Waals surface area contributed by atoms with Crippen molar-refractivity contribution in [2.75, 3.05) is 14.1 Å². The second kappa shape index (κ2) is 3.88. The maximum absolute atomic E-state index is 11.0. The monoisotopic (exact) mass is 139 g/mol. The van der Waals surface area contributed by atoms with Gasteiger partial charge in [-0.25, -0.2) is 0 Å². The van der Waals surface area contributed by atoms with E-state index in [1.165, 1.54) is 4.90 Å². The average Bonchev–Trinajstić information content (AvgIpc) is 1.87. The predicted molar refractivity (Wildman–Crippen MR) is 42.6 cm³/mol. The lowest BCUT2D eigenvalue weighted by Gasteiger charge is -2.08. The average molecular weight is 139 g/mol. The minimum absolute atomic E-state index is 0.0277. The fourth-order valence-corrected chi connectivity index (χ4v) is 0.601. The van der Waals surface area contributed by atoms with Crippen molar-refractivity contribution in [3.8, 4) is 0 Å². The van der Waals surface area contributed by atoms with Gasteiger partial charge in [0.05, 0.1) is 0 Å². The highest BCUT2D eigenvalue weighted by Crippen LogP contribution is 1.96. The van der Waals surface area contributed by atoms with Crippen LogP contribution < -0.4 is 0 Å². The van der Waals surface area contributed by atoms with Gasteiger partial charge in [-0.2, -0.15) is 0 Å². The Morgan fingerprint density at radius 3 is 2.30 bits per heavy atom. The molecule has 0 aliphatic rings. The van der Waals surface area contributed by atoms with Crippen LogP contribution in [0.25, 0.3) is 0 Å². The zero-order valence-corrected chi connectivity index (χ0v) is 6.72. The molecule has 2 heteroatoms. The van der Waals surface area contributed by atoms with E-state index in [0.717, 1.165) is 0 Å². The van der Waals surface area contributed by atoms with Crippen molar-refractivity contribution in [2.24, 2.45) is 0 Å². The van der Waals surface area contributed by atoms with Crippen LogP contribution in [0, 0.1) is 0 Å². The van der Waals surface area contributed by atoms with Crippen LogP contribution >= 0.6 is 0 Å². The van der Waals surface area contributed by atoms with Crippen molar-refractivity contribution in [1.29, 1.82) is 0 Å². The summed E-state index contributed by atoms with van der Waals surface area (Å²) in [6, 6.07) is 0. The van der Waals surface area contributed by atoms with Crippen LogP contribution in [0.15, 0.2) is 24.3 Å². The molecule has 0 aromatic carbocycles. The van der Waals surface area contributed by atoms with Gasteiger partial charge in [-0.3, -0.25) is 4.79 Å². The highest BCUT2D eigenvalue weighted by atomic mass is 16.2. The molecule has 2 nitrogen and oxygen atoms in total. The zero-order chi connectivity index (χ0) is 8.15. The molecular weight excluding hydrogens is 126 g/mol. The van der Waals surface area contributed by atoms with Crippen LogP contribution in [-0.2, 0) is 4.79 Å². The lowest BCUT2D eigenvalue weighted by atomic mass is 10.2. The Morgan fingerprint density at radius 2 is 2.00 bits per heavy atom. The zero-order valence-electron chi connectivity index (χ0n) is 6.72. The Morgan fingerprint density at radius 1 is 1.50 bits per heavy atom. The van der Waals surface area contributed by atoms with E-state index in [2.05, 4.69) is 6.58 Å². The maximum atomic E-state index is 11.0. The minimum Gasteiger partial charge on any atom is -0.345 e. The highest BCUT2D eigenvalue weighted by molar-refractivity contribution is 5.92. The third-order valence-corrected chi connectivity index (χ3v) is 1.11. The van der Waals surface area contributed by atoms with E-state index < -0.39 is 0 Å². The first-order chi connectivity index (χ1) is 4.59. The van der Waals surface area contributed by atoms with Crippen molar-refractivity contribution in [2.45, 2.75) is 6.92 Å². The van der Waals surface area contributed by atoms with Gasteiger partial charge in [0.2, 0.25) is 5.91 Å². The van der Waals surface area contributed by atoms with Gasteiger partial charge in [-0.05, 0) is 6.92 Å². The van der Waals surface area contributed by atoms with Crippen LogP contribution in [0.4, 0.5) is 0 Å². The molecule has 0 aromatic heterocycles. The molecule has 0 unspecified atom stereocenters. The van der Waals surface area contributed by atoms with Crippen LogP contribution in [0.3, 0.4) is 0 Å². The van der Waals surface area contributed by atoms with Gasteiger partial charge in [-0.15, -0.1) is 0 Å². The van der Waals surface area contributed by atoms with E-state index in [1.54, 1.807) is 33.2 Å². The van der Waals surface area contributed by atoms with Crippen molar-refractivity contribution in [3.05, 3.63) is 24.3 Å². The number of hydrogen-bond donors (Lipinski definition) is 0. The summed E-state index contributed by atoms with van der Waals surface area (Å²) < 4.78 is 0. The van der Waals surface area contributed by atoms with Gasteiger partial charge >= 0.3 is 0 Å². The first kappa shape index (κ1) is 8.95. The van der Waals surface area contributed by atoms with Crippen LogP contribution in [-0.4, -0.2) is 24.9 Å². The van der Waals surface area contributed by atoms with E-state index in [1.807, 2.05) is 0 Å². The summed E-state index contributed by atoms with van der Waals surface area (Å²) >= 11 is 0. The van der Waals surface area contributed by atoms with E-state index in [0.29, 0.717) is 5.57 Å². The number of carbonyl (C=O) groups excluding carboxylic acids is 1. The molecule has 0 N–H and O–H groups in total. The summed E-state index contributed by atoms with van der Waals surface area (Å²) in [4.78, 5) is 12.6. The number of likely N-dealkylation sites (N-methyl/N-ethyl adjacent to an activating group) is 1. The Bertz CT molecular complexity index is 168. The molecule has 0 fully saturated rings. The second-order valence-corrected chi connectivity index (χ2v) is 2.28. The summed E-state index contributed by atoms with van der Waals surface area (Å²) in [5.74, 6) is 0.0277.